The lowest BCUT2D eigenvalue weighted by Gasteiger charge is -2.25. The third-order valence-electron chi connectivity index (χ3n) is 4.61. The van der Waals surface area contributed by atoms with Crippen LogP contribution in [0.2, 0.25) is 0 Å². The molecule has 120 valence electrons. The van der Waals surface area contributed by atoms with Crippen molar-refractivity contribution in [3.63, 3.8) is 0 Å². The Morgan fingerprint density at radius 1 is 1.30 bits per heavy atom. The molecule has 1 aliphatic carbocycles. The average molecular weight is 309 g/mol. The molecule has 0 spiro atoms. The zero-order chi connectivity index (χ0) is 16.1. The Bertz CT molecular complexity index is 657. The van der Waals surface area contributed by atoms with E-state index in [1.165, 1.54) is 17.5 Å². The molecular formula is C19H23N3O. The number of nitrogens with one attached hydrogen (secondary N) is 1. The van der Waals surface area contributed by atoms with Crippen LogP contribution in [0.15, 0.2) is 42.9 Å². The summed E-state index contributed by atoms with van der Waals surface area (Å²) in [5, 5.41) is 3.25. The summed E-state index contributed by atoms with van der Waals surface area (Å²) >= 11 is 0. The number of aromatic nitrogens is 2. The van der Waals surface area contributed by atoms with Gasteiger partial charge in [0, 0.05) is 25.0 Å². The summed E-state index contributed by atoms with van der Waals surface area (Å²) in [5.41, 5.74) is 3.51. The van der Waals surface area contributed by atoms with Gasteiger partial charge in [0.05, 0.1) is 11.7 Å². The van der Waals surface area contributed by atoms with E-state index in [4.69, 9.17) is 0 Å². The van der Waals surface area contributed by atoms with Crippen molar-refractivity contribution in [3.8, 4) is 0 Å². The van der Waals surface area contributed by atoms with E-state index in [-0.39, 0.29) is 11.9 Å². The van der Waals surface area contributed by atoms with Crippen molar-refractivity contribution >= 4 is 5.91 Å². The summed E-state index contributed by atoms with van der Waals surface area (Å²) in [4.78, 5) is 20.7. The monoisotopic (exact) mass is 309 g/mol. The van der Waals surface area contributed by atoms with Crippen LogP contribution in [-0.2, 0) is 17.6 Å². The molecule has 0 saturated carbocycles. The van der Waals surface area contributed by atoms with E-state index in [9.17, 15) is 4.79 Å². The molecule has 2 aromatic rings. The number of benzene rings is 1. The van der Waals surface area contributed by atoms with E-state index >= 15 is 0 Å². The highest BCUT2D eigenvalue weighted by atomic mass is 16.1. The molecule has 0 saturated heterocycles. The maximum atomic E-state index is 12.4. The fraction of sp³-hybridized carbons (Fsp3) is 0.421. The standard InChI is InChI=1S/C19H23N3O/c1-14-5-4-7-15-6-2-3-8-17(15)19(14)22-18(23)10-9-16-13-20-11-12-21-16/h2-3,6,8,11-14,19H,4-5,7,9-10H2,1H3,(H,22,23)/t14-,19-/m1/s1. The zero-order valence-corrected chi connectivity index (χ0v) is 13.5. The number of carbonyl (C=O) groups excluding carboxylic acids is 1. The van der Waals surface area contributed by atoms with Gasteiger partial charge in [0.15, 0.2) is 0 Å². The Morgan fingerprint density at radius 2 is 2.17 bits per heavy atom. The molecule has 0 fully saturated rings. The van der Waals surface area contributed by atoms with Crippen LogP contribution in [0.3, 0.4) is 0 Å². The molecule has 1 heterocycles. The second-order valence-corrected chi connectivity index (χ2v) is 6.31. The molecule has 1 aromatic heterocycles. The Hall–Kier alpha value is -2.23. The molecule has 4 heteroatoms. The van der Waals surface area contributed by atoms with Crippen LogP contribution >= 0.6 is 0 Å². The Balaban J connectivity index is 1.67. The molecular weight excluding hydrogens is 286 g/mol. The Labute approximate surface area is 137 Å². The molecule has 1 aliphatic rings. The van der Waals surface area contributed by atoms with E-state index in [0.29, 0.717) is 18.8 Å². The minimum Gasteiger partial charge on any atom is -0.349 e. The highest BCUT2D eigenvalue weighted by Gasteiger charge is 2.25. The van der Waals surface area contributed by atoms with Crippen LogP contribution in [0.4, 0.5) is 0 Å². The van der Waals surface area contributed by atoms with Crippen molar-refractivity contribution in [3.05, 3.63) is 59.7 Å². The van der Waals surface area contributed by atoms with Crippen LogP contribution in [0.5, 0.6) is 0 Å². The molecule has 0 radical (unpaired) electrons. The molecule has 3 rings (SSSR count). The molecule has 1 N–H and O–H groups in total. The van der Waals surface area contributed by atoms with Crippen molar-refractivity contribution in [1.29, 1.82) is 0 Å². The highest BCUT2D eigenvalue weighted by Crippen LogP contribution is 2.32. The smallest absolute Gasteiger partial charge is 0.220 e. The predicted molar refractivity (Wildman–Crippen MR) is 89.8 cm³/mol. The molecule has 0 aliphatic heterocycles. The van der Waals surface area contributed by atoms with Gasteiger partial charge in [-0.1, -0.05) is 31.2 Å². The van der Waals surface area contributed by atoms with E-state index in [1.807, 2.05) is 0 Å². The average Bonchev–Trinajstić information content (AvgIpc) is 2.74. The summed E-state index contributed by atoms with van der Waals surface area (Å²) in [6, 6.07) is 8.61. The van der Waals surface area contributed by atoms with Crippen LogP contribution in [0, 0.1) is 5.92 Å². The number of hydrogen-bond donors (Lipinski definition) is 1. The van der Waals surface area contributed by atoms with Gasteiger partial charge in [-0.3, -0.25) is 14.8 Å². The van der Waals surface area contributed by atoms with Crippen molar-refractivity contribution < 1.29 is 4.79 Å². The maximum absolute atomic E-state index is 12.4. The van der Waals surface area contributed by atoms with Crippen molar-refractivity contribution in [2.45, 2.75) is 45.1 Å². The number of aryl methyl sites for hydroxylation is 2. The Kier molecular flexibility index (Phi) is 5.01. The van der Waals surface area contributed by atoms with Crippen molar-refractivity contribution in [2.24, 2.45) is 5.92 Å². The molecule has 0 unspecified atom stereocenters. The van der Waals surface area contributed by atoms with Gasteiger partial charge in [0.2, 0.25) is 5.91 Å². The molecule has 4 nitrogen and oxygen atoms in total. The van der Waals surface area contributed by atoms with Gasteiger partial charge >= 0.3 is 0 Å². The van der Waals surface area contributed by atoms with Crippen molar-refractivity contribution in [1.82, 2.24) is 15.3 Å². The summed E-state index contributed by atoms with van der Waals surface area (Å²) in [5.74, 6) is 0.545. The highest BCUT2D eigenvalue weighted by molar-refractivity contribution is 5.76. The first-order chi connectivity index (χ1) is 11.2. The van der Waals surface area contributed by atoms with E-state index < -0.39 is 0 Å². The minimum atomic E-state index is 0.0872. The van der Waals surface area contributed by atoms with Gasteiger partial charge in [0.1, 0.15) is 0 Å². The van der Waals surface area contributed by atoms with E-state index in [2.05, 4.69) is 46.5 Å². The van der Waals surface area contributed by atoms with Gasteiger partial charge in [-0.25, -0.2) is 0 Å². The number of rotatable bonds is 4. The second kappa shape index (κ2) is 7.36. The second-order valence-electron chi connectivity index (χ2n) is 6.31. The number of fused-ring (bicyclic) bond motifs is 1. The van der Waals surface area contributed by atoms with Crippen molar-refractivity contribution in [2.75, 3.05) is 0 Å². The minimum absolute atomic E-state index is 0.0872. The first-order valence-electron chi connectivity index (χ1n) is 8.36. The van der Waals surface area contributed by atoms with E-state index in [1.54, 1.807) is 18.6 Å². The number of carbonyl (C=O) groups is 1. The molecule has 2 atom stereocenters. The zero-order valence-electron chi connectivity index (χ0n) is 13.5. The molecule has 0 bridgehead atoms. The summed E-state index contributed by atoms with van der Waals surface area (Å²) in [6.07, 6.45) is 9.54. The lowest BCUT2D eigenvalue weighted by atomic mass is 9.92. The van der Waals surface area contributed by atoms with Gasteiger partial charge in [0.25, 0.3) is 0 Å². The van der Waals surface area contributed by atoms with E-state index in [0.717, 1.165) is 18.5 Å². The maximum Gasteiger partial charge on any atom is 0.220 e. The van der Waals surface area contributed by atoms with Gasteiger partial charge in [-0.15, -0.1) is 0 Å². The quantitative estimate of drug-likeness (QED) is 0.882. The summed E-state index contributed by atoms with van der Waals surface area (Å²) in [6.45, 7) is 2.23. The van der Waals surface area contributed by atoms with Crippen LogP contribution in [0.25, 0.3) is 0 Å². The topological polar surface area (TPSA) is 54.9 Å². The largest absolute Gasteiger partial charge is 0.349 e. The van der Waals surface area contributed by atoms with Crippen LogP contribution in [-0.4, -0.2) is 15.9 Å². The lowest BCUT2D eigenvalue weighted by molar-refractivity contribution is -0.122. The number of hydrogen-bond acceptors (Lipinski definition) is 3. The van der Waals surface area contributed by atoms with Gasteiger partial charge in [-0.2, -0.15) is 0 Å². The number of amides is 1. The molecule has 1 amide bonds. The third kappa shape index (κ3) is 3.95. The Morgan fingerprint density at radius 3 is 3.00 bits per heavy atom. The number of nitrogens with zero attached hydrogens (tertiary/aromatic N) is 2. The fourth-order valence-corrected chi connectivity index (χ4v) is 3.32. The molecule has 1 aromatic carbocycles. The fourth-order valence-electron chi connectivity index (χ4n) is 3.32. The van der Waals surface area contributed by atoms with Crippen LogP contribution < -0.4 is 5.32 Å². The third-order valence-corrected chi connectivity index (χ3v) is 4.61. The van der Waals surface area contributed by atoms with Gasteiger partial charge in [-0.05, 0) is 42.7 Å². The predicted octanol–water partition coefficient (Wildman–Crippen LogP) is 3.24. The lowest BCUT2D eigenvalue weighted by Crippen LogP contribution is -2.32. The van der Waals surface area contributed by atoms with Gasteiger partial charge < -0.3 is 5.32 Å². The SMILES string of the molecule is C[C@@H]1CCCc2ccccc2[C@@H]1NC(=O)CCc1cnccn1. The molecule has 23 heavy (non-hydrogen) atoms. The first-order valence-corrected chi connectivity index (χ1v) is 8.36. The summed E-state index contributed by atoms with van der Waals surface area (Å²) < 4.78 is 0. The first kappa shape index (κ1) is 15.7. The van der Waals surface area contributed by atoms with Crippen LogP contribution in [0.1, 0.15) is 49.0 Å². The normalized spacial score (nSPS) is 20.4. The summed E-state index contributed by atoms with van der Waals surface area (Å²) in [7, 11) is 0.